The Morgan fingerprint density at radius 3 is 2.56 bits per heavy atom. The molecule has 184 valence electrons. The number of nitrogens with zero attached hydrogens (tertiary/aromatic N) is 4. The number of amides is 1. The number of benzene rings is 1. The number of hydrogen-bond acceptors (Lipinski definition) is 9. The number of hydrogen-bond donors (Lipinski definition) is 3. The summed E-state index contributed by atoms with van der Waals surface area (Å²) < 4.78 is 11.0. The third-order valence-electron chi connectivity index (χ3n) is 6.54. The van der Waals surface area contributed by atoms with Gasteiger partial charge in [-0.25, -0.2) is 9.97 Å². The summed E-state index contributed by atoms with van der Waals surface area (Å²) >= 11 is 0. The molecule has 10 nitrogen and oxygen atoms in total. The second-order valence-electron chi connectivity index (χ2n) is 8.78. The van der Waals surface area contributed by atoms with E-state index in [2.05, 4.69) is 20.4 Å². The molecule has 1 aromatic carbocycles. The highest BCUT2D eigenvalue weighted by molar-refractivity contribution is 5.86. The van der Waals surface area contributed by atoms with Gasteiger partial charge in [-0.1, -0.05) is 29.4 Å². The zero-order valence-corrected chi connectivity index (χ0v) is 19.9. The first kappa shape index (κ1) is 23.6. The van der Waals surface area contributed by atoms with Crippen LogP contribution in [-0.2, 0) is 21.5 Å². The Bertz CT molecular complexity index is 1380. The Morgan fingerprint density at radius 1 is 1.06 bits per heavy atom. The van der Waals surface area contributed by atoms with Gasteiger partial charge in [0.2, 0.25) is 5.91 Å². The van der Waals surface area contributed by atoms with Crippen LogP contribution in [0.5, 0.6) is 0 Å². The average molecular weight is 486 g/mol. The molecule has 5 N–H and O–H groups in total. The fraction of sp³-hybridized carbons (Fsp3) is 0.269. The quantitative estimate of drug-likeness (QED) is 0.358. The van der Waals surface area contributed by atoms with Gasteiger partial charge in [-0.05, 0) is 37.6 Å². The van der Waals surface area contributed by atoms with E-state index in [9.17, 15) is 4.79 Å². The standard InChI is InChI=1S/C26H27N7O3/c1-29-14-16-2-4-17(5-3-16)19-13-21(36-33-19)23-24(27)31-15-20(32-23)18-6-9-30-22(12-18)26(25(28)34)7-10-35-11-8-26/h2-6,9,12-13,15,29H,7-8,10-11,14H2,1H3,(H2,27,31)(H2,28,34). The van der Waals surface area contributed by atoms with Crippen LogP contribution in [0, 0.1) is 0 Å². The number of anilines is 1. The Morgan fingerprint density at radius 2 is 1.83 bits per heavy atom. The van der Waals surface area contributed by atoms with Crippen LogP contribution < -0.4 is 16.8 Å². The molecule has 0 spiro atoms. The van der Waals surface area contributed by atoms with Crippen molar-refractivity contribution in [2.75, 3.05) is 26.0 Å². The second kappa shape index (κ2) is 9.84. The van der Waals surface area contributed by atoms with Crippen molar-refractivity contribution in [3.8, 4) is 34.0 Å². The first-order valence-electron chi connectivity index (χ1n) is 11.7. The van der Waals surface area contributed by atoms with Crippen molar-refractivity contribution in [3.05, 3.63) is 66.1 Å². The Labute approximate surface area is 208 Å². The van der Waals surface area contributed by atoms with E-state index in [1.807, 2.05) is 37.4 Å². The third-order valence-corrected chi connectivity index (χ3v) is 6.54. The minimum absolute atomic E-state index is 0.220. The van der Waals surface area contributed by atoms with E-state index >= 15 is 0 Å². The molecule has 3 aromatic heterocycles. The van der Waals surface area contributed by atoms with Crippen LogP contribution in [0.25, 0.3) is 34.0 Å². The summed E-state index contributed by atoms with van der Waals surface area (Å²) in [5.41, 5.74) is 16.1. The van der Waals surface area contributed by atoms with Crippen molar-refractivity contribution in [2.45, 2.75) is 24.8 Å². The number of primary amides is 1. The van der Waals surface area contributed by atoms with Crippen molar-refractivity contribution >= 4 is 11.7 Å². The third kappa shape index (κ3) is 4.43. The maximum Gasteiger partial charge on any atom is 0.229 e. The lowest BCUT2D eigenvalue weighted by atomic mass is 9.76. The van der Waals surface area contributed by atoms with Crippen molar-refractivity contribution in [1.82, 2.24) is 25.4 Å². The highest BCUT2D eigenvalue weighted by atomic mass is 16.5. The van der Waals surface area contributed by atoms with Gasteiger partial charge in [-0.3, -0.25) is 9.78 Å². The predicted molar refractivity (Wildman–Crippen MR) is 134 cm³/mol. The summed E-state index contributed by atoms with van der Waals surface area (Å²) in [4.78, 5) is 26.0. The highest BCUT2D eigenvalue weighted by Gasteiger charge is 2.41. The van der Waals surface area contributed by atoms with E-state index in [-0.39, 0.29) is 5.82 Å². The highest BCUT2D eigenvalue weighted by Crippen LogP contribution is 2.35. The first-order chi connectivity index (χ1) is 17.5. The van der Waals surface area contributed by atoms with Gasteiger partial charge < -0.3 is 26.0 Å². The zero-order chi connectivity index (χ0) is 25.1. The van der Waals surface area contributed by atoms with Crippen LogP contribution in [0.4, 0.5) is 5.82 Å². The smallest absolute Gasteiger partial charge is 0.229 e. The van der Waals surface area contributed by atoms with Crippen LogP contribution in [0.2, 0.25) is 0 Å². The summed E-state index contributed by atoms with van der Waals surface area (Å²) in [5, 5.41) is 7.33. The molecule has 0 bridgehead atoms. The van der Waals surface area contributed by atoms with E-state index in [0.717, 1.165) is 17.7 Å². The monoisotopic (exact) mass is 485 g/mol. The summed E-state index contributed by atoms with van der Waals surface area (Å²) in [5.74, 6) is 0.217. The van der Waals surface area contributed by atoms with Crippen molar-refractivity contribution in [2.24, 2.45) is 5.73 Å². The molecule has 0 saturated carbocycles. The zero-order valence-electron chi connectivity index (χ0n) is 19.9. The summed E-state index contributed by atoms with van der Waals surface area (Å²) in [6.07, 6.45) is 4.19. The van der Waals surface area contributed by atoms with Gasteiger partial charge in [0.15, 0.2) is 17.3 Å². The van der Waals surface area contributed by atoms with E-state index in [1.54, 1.807) is 24.5 Å². The lowest BCUT2D eigenvalue weighted by molar-refractivity contribution is -0.127. The van der Waals surface area contributed by atoms with E-state index in [4.69, 9.17) is 25.7 Å². The fourth-order valence-electron chi connectivity index (χ4n) is 4.44. The van der Waals surface area contributed by atoms with Crippen LogP contribution in [0.1, 0.15) is 24.1 Å². The average Bonchev–Trinajstić information content (AvgIpc) is 3.40. The molecule has 1 aliphatic heterocycles. The van der Waals surface area contributed by atoms with Crippen molar-refractivity contribution in [3.63, 3.8) is 0 Å². The number of rotatable bonds is 7. The molecule has 4 heterocycles. The molecular weight excluding hydrogens is 458 g/mol. The van der Waals surface area contributed by atoms with Crippen molar-refractivity contribution in [1.29, 1.82) is 0 Å². The molecule has 1 aliphatic rings. The SMILES string of the molecule is CNCc1ccc(-c2cc(-c3nc(-c4ccnc(C5(C(N)=O)CCOCC5)c4)cnc3N)on2)cc1. The number of ether oxygens (including phenoxy) is 1. The summed E-state index contributed by atoms with van der Waals surface area (Å²) in [6.45, 7) is 1.69. The number of nitrogens with one attached hydrogen (secondary N) is 1. The number of nitrogens with two attached hydrogens (primary N) is 2. The van der Waals surface area contributed by atoms with Gasteiger partial charge in [0.25, 0.3) is 0 Å². The van der Waals surface area contributed by atoms with Gasteiger partial charge >= 0.3 is 0 Å². The molecule has 4 aromatic rings. The van der Waals surface area contributed by atoms with Gasteiger partial charge in [-0.2, -0.15) is 0 Å². The van der Waals surface area contributed by atoms with E-state index < -0.39 is 11.3 Å². The first-order valence-corrected chi connectivity index (χ1v) is 11.7. The minimum atomic E-state index is -0.874. The Balaban J connectivity index is 1.47. The van der Waals surface area contributed by atoms with Crippen LogP contribution >= 0.6 is 0 Å². The van der Waals surface area contributed by atoms with Crippen molar-refractivity contribution < 1.29 is 14.1 Å². The molecular formula is C26H27N7O3. The molecule has 0 radical (unpaired) electrons. The molecule has 10 heteroatoms. The predicted octanol–water partition coefficient (Wildman–Crippen LogP) is 2.70. The van der Waals surface area contributed by atoms with Gasteiger partial charge in [-0.15, -0.1) is 0 Å². The van der Waals surface area contributed by atoms with Crippen LogP contribution in [-0.4, -0.2) is 46.3 Å². The number of carbonyl (C=O) groups excluding carboxylic acids is 1. The summed E-state index contributed by atoms with van der Waals surface area (Å²) in [7, 11) is 1.91. The van der Waals surface area contributed by atoms with Gasteiger partial charge in [0, 0.05) is 43.1 Å². The van der Waals surface area contributed by atoms with Crippen LogP contribution in [0.3, 0.4) is 0 Å². The largest absolute Gasteiger partial charge is 0.382 e. The molecule has 5 rings (SSSR count). The van der Waals surface area contributed by atoms with E-state index in [0.29, 0.717) is 54.6 Å². The summed E-state index contributed by atoms with van der Waals surface area (Å²) in [6, 6.07) is 13.5. The molecule has 1 saturated heterocycles. The van der Waals surface area contributed by atoms with Gasteiger partial charge in [0.1, 0.15) is 5.69 Å². The molecule has 1 amide bonds. The second-order valence-corrected chi connectivity index (χ2v) is 8.78. The molecule has 1 fully saturated rings. The lowest BCUT2D eigenvalue weighted by Crippen LogP contribution is -2.46. The normalized spacial score (nSPS) is 15.0. The minimum Gasteiger partial charge on any atom is -0.382 e. The molecule has 0 unspecified atom stereocenters. The lowest BCUT2D eigenvalue weighted by Gasteiger charge is -2.33. The fourth-order valence-corrected chi connectivity index (χ4v) is 4.44. The molecule has 36 heavy (non-hydrogen) atoms. The maximum atomic E-state index is 12.4. The molecule has 0 aliphatic carbocycles. The maximum absolute atomic E-state index is 12.4. The van der Waals surface area contributed by atoms with Gasteiger partial charge in [0.05, 0.1) is 23.0 Å². The number of aromatic nitrogens is 4. The van der Waals surface area contributed by atoms with E-state index in [1.165, 1.54) is 5.56 Å². The number of nitrogen functional groups attached to an aromatic ring is 1. The number of carbonyl (C=O) groups is 1. The van der Waals surface area contributed by atoms with Crippen LogP contribution in [0.15, 0.2) is 59.4 Å². The Hall–Kier alpha value is -4.15. The Kier molecular flexibility index (Phi) is 6.45. The molecule has 0 atom stereocenters. The number of pyridine rings is 1. The topological polar surface area (TPSA) is 155 Å².